The van der Waals surface area contributed by atoms with Crippen molar-refractivity contribution in [2.45, 2.75) is 19.4 Å². The van der Waals surface area contributed by atoms with Crippen LogP contribution >= 0.6 is 34.2 Å². The maximum Gasteiger partial charge on any atom is 0.227 e. The van der Waals surface area contributed by atoms with Gasteiger partial charge in [0.25, 0.3) is 0 Å². The minimum Gasteiger partial charge on any atom is -0.308 e. The third-order valence-corrected chi connectivity index (χ3v) is 4.53. The van der Waals surface area contributed by atoms with Crippen LogP contribution in [0.5, 0.6) is 0 Å². The van der Waals surface area contributed by atoms with E-state index in [4.69, 9.17) is 11.6 Å². The minimum atomic E-state index is -0.444. The summed E-state index contributed by atoms with van der Waals surface area (Å²) in [5, 5.41) is 0.0831. The number of aryl methyl sites for hydroxylation is 1. The van der Waals surface area contributed by atoms with E-state index in [9.17, 15) is 9.18 Å². The lowest BCUT2D eigenvalue weighted by molar-refractivity contribution is -0.119. The minimum absolute atomic E-state index is 0.0831. The van der Waals surface area contributed by atoms with E-state index in [1.807, 2.05) is 12.1 Å². The predicted molar refractivity (Wildman–Crippen MR) is 90.1 cm³/mol. The Morgan fingerprint density at radius 3 is 2.76 bits per heavy atom. The number of hydrogen-bond acceptors (Lipinski definition) is 1. The molecule has 0 radical (unpaired) electrons. The number of halogens is 3. The smallest absolute Gasteiger partial charge is 0.227 e. The van der Waals surface area contributed by atoms with Crippen LogP contribution in [0.3, 0.4) is 0 Å². The third kappa shape index (κ3) is 3.06. The second-order valence-corrected chi connectivity index (χ2v) is 6.65. The maximum absolute atomic E-state index is 13.2. The van der Waals surface area contributed by atoms with Gasteiger partial charge >= 0.3 is 0 Å². The summed E-state index contributed by atoms with van der Waals surface area (Å²) in [4.78, 5) is 14.0. The van der Waals surface area contributed by atoms with Crippen LogP contribution in [-0.2, 0) is 17.8 Å². The van der Waals surface area contributed by atoms with Crippen molar-refractivity contribution < 1.29 is 9.18 Å². The van der Waals surface area contributed by atoms with Gasteiger partial charge in [0.15, 0.2) is 0 Å². The second kappa shape index (κ2) is 5.93. The SMILES string of the molecule is O=C1CCc2cc(I)ccc2N1Cc1ccc(F)c(Cl)c1. The molecule has 2 aromatic carbocycles. The number of rotatable bonds is 2. The van der Waals surface area contributed by atoms with Gasteiger partial charge in [-0.25, -0.2) is 4.39 Å². The Kier molecular flexibility index (Phi) is 4.17. The molecule has 0 aliphatic carbocycles. The molecule has 1 heterocycles. The van der Waals surface area contributed by atoms with Crippen molar-refractivity contribution in [1.82, 2.24) is 0 Å². The van der Waals surface area contributed by atoms with Gasteiger partial charge in [0.2, 0.25) is 5.91 Å². The lowest BCUT2D eigenvalue weighted by Gasteiger charge is -2.29. The molecule has 2 nitrogen and oxygen atoms in total. The molecule has 5 heteroatoms. The van der Waals surface area contributed by atoms with Gasteiger partial charge in [-0.05, 0) is 70.5 Å². The molecule has 0 fully saturated rings. The monoisotopic (exact) mass is 415 g/mol. The standard InChI is InChI=1S/C16H12ClFINO/c17-13-7-10(1-4-14(13)18)9-20-15-5-3-12(19)8-11(15)2-6-16(20)21/h1,3-5,7-8H,2,6,9H2. The summed E-state index contributed by atoms with van der Waals surface area (Å²) >= 11 is 8.08. The number of carbonyl (C=O) groups excluding carboxylic acids is 1. The van der Waals surface area contributed by atoms with E-state index in [0.29, 0.717) is 13.0 Å². The predicted octanol–water partition coefficient (Wildman–Crippen LogP) is 4.56. The summed E-state index contributed by atoms with van der Waals surface area (Å²) < 4.78 is 14.4. The molecule has 2 aromatic rings. The lowest BCUT2D eigenvalue weighted by Crippen LogP contribution is -2.34. The topological polar surface area (TPSA) is 20.3 Å². The quantitative estimate of drug-likeness (QED) is 0.658. The Bertz CT molecular complexity index is 719. The Labute approximate surface area is 141 Å². The highest BCUT2D eigenvalue weighted by Crippen LogP contribution is 2.31. The molecule has 0 saturated carbocycles. The molecular formula is C16H12ClFINO. The summed E-state index contributed by atoms with van der Waals surface area (Å²) in [6, 6.07) is 10.6. The van der Waals surface area contributed by atoms with Crippen LogP contribution in [-0.4, -0.2) is 5.91 Å². The zero-order valence-electron chi connectivity index (χ0n) is 11.1. The van der Waals surface area contributed by atoms with Crippen molar-refractivity contribution >= 4 is 45.8 Å². The zero-order chi connectivity index (χ0) is 15.0. The molecule has 0 bridgehead atoms. The van der Waals surface area contributed by atoms with E-state index in [1.54, 1.807) is 17.0 Å². The first-order valence-corrected chi connectivity index (χ1v) is 8.03. The Hall–Kier alpha value is -1.14. The van der Waals surface area contributed by atoms with E-state index in [0.717, 1.165) is 21.2 Å². The summed E-state index contributed by atoms with van der Waals surface area (Å²) in [6.07, 6.45) is 1.27. The van der Waals surface area contributed by atoms with Gasteiger partial charge in [-0.1, -0.05) is 17.7 Å². The first-order chi connectivity index (χ1) is 10.0. The van der Waals surface area contributed by atoms with Crippen LogP contribution in [0.1, 0.15) is 17.5 Å². The average molecular weight is 416 g/mol. The molecule has 0 atom stereocenters. The zero-order valence-corrected chi connectivity index (χ0v) is 14.0. The highest BCUT2D eigenvalue weighted by atomic mass is 127. The second-order valence-electron chi connectivity index (χ2n) is 5.00. The van der Waals surface area contributed by atoms with E-state index in [2.05, 4.69) is 28.7 Å². The van der Waals surface area contributed by atoms with Gasteiger partial charge in [-0.2, -0.15) is 0 Å². The number of benzene rings is 2. The first kappa shape index (κ1) is 14.8. The molecule has 1 aliphatic heterocycles. The molecule has 0 aromatic heterocycles. The van der Waals surface area contributed by atoms with E-state index in [-0.39, 0.29) is 10.9 Å². The van der Waals surface area contributed by atoms with Crippen molar-refractivity contribution in [1.29, 1.82) is 0 Å². The van der Waals surface area contributed by atoms with Crippen molar-refractivity contribution in [2.75, 3.05) is 4.90 Å². The van der Waals surface area contributed by atoms with E-state index >= 15 is 0 Å². The van der Waals surface area contributed by atoms with E-state index < -0.39 is 5.82 Å². The van der Waals surface area contributed by atoms with Crippen molar-refractivity contribution in [3.8, 4) is 0 Å². The van der Waals surface area contributed by atoms with Gasteiger partial charge in [-0.3, -0.25) is 4.79 Å². The third-order valence-electron chi connectivity index (χ3n) is 3.57. The van der Waals surface area contributed by atoms with Crippen LogP contribution in [0.2, 0.25) is 5.02 Å². The maximum atomic E-state index is 13.2. The van der Waals surface area contributed by atoms with Gasteiger partial charge in [0.05, 0.1) is 11.6 Å². The number of hydrogen-bond donors (Lipinski definition) is 0. The summed E-state index contributed by atoms with van der Waals surface area (Å²) in [6.45, 7) is 0.409. The Morgan fingerprint density at radius 1 is 1.19 bits per heavy atom. The number of nitrogens with zero attached hydrogens (tertiary/aromatic N) is 1. The molecule has 0 spiro atoms. The molecule has 0 unspecified atom stereocenters. The van der Waals surface area contributed by atoms with E-state index in [1.165, 1.54) is 11.6 Å². The number of carbonyl (C=O) groups is 1. The fraction of sp³-hybridized carbons (Fsp3) is 0.188. The van der Waals surface area contributed by atoms with Crippen LogP contribution in [0.15, 0.2) is 36.4 Å². The van der Waals surface area contributed by atoms with Crippen LogP contribution in [0.4, 0.5) is 10.1 Å². The van der Waals surface area contributed by atoms with Gasteiger partial charge in [0, 0.05) is 15.7 Å². The lowest BCUT2D eigenvalue weighted by atomic mass is 10.0. The highest BCUT2D eigenvalue weighted by Gasteiger charge is 2.24. The normalized spacial score (nSPS) is 14.2. The average Bonchev–Trinajstić information content (AvgIpc) is 2.46. The van der Waals surface area contributed by atoms with Crippen LogP contribution in [0, 0.1) is 9.39 Å². The largest absolute Gasteiger partial charge is 0.308 e. The van der Waals surface area contributed by atoms with Crippen LogP contribution in [0.25, 0.3) is 0 Å². The summed E-state index contributed by atoms with van der Waals surface area (Å²) in [5.41, 5.74) is 2.93. The molecule has 0 N–H and O–H groups in total. The molecule has 108 valence electrons. The van der Waals surface area contributed by atoms with Gasteiger partial charge < -0.3 is 4.90 Å². The summed E-state index contributed by atoms with van der Waals surface area (Å²) in [7, 11) is 0. The van der Waals surface area contributed by atoms with Crippen molar-refractivity contribution in [3.05, 3.63) is 61.9 Å². The first-order valence-electron chi connectivity index (χ1n) is 6.57. The molecule has 21 heavy (non-hydrogen) atoms. The number of amides is 1. The molecule has 3 rings (SSSR count). The fourth-order valence-corrected chi connectivity index (χ4v) is 3.28. The van der Waals surface area contributed by atoms with Gasteiger partial charge in [0.1, 0.15) is 5.82 Å². The molecule has 0 saturated heterocycles. The van der Waals surface area contributed by atoms with Crippen molar-refractivity contribution in [2.24, 2.45) is 0 Å². The molecule has 1 amide bonds. The van der Waals surface area contributed by atoms with Crippen LogP contribution < -0.4 is 4.90 Å². The molecule has 1 aliphatic rings. The Balaban J connectivity index is 1.94. The van der Waals surface area contributed by atoms with Crippen molar-refractivity contribution in [3.63, 3.8) is 0 Å². The highest BCUT2D eigenvalue weighted by molar-refractivity contribution is 14.1. The molecular weight excluding hydrogens is 404 g/mol. The fourth-order valence-electron chi connectivity index (χ4n) is 2.52. The summed E-state index contributed by atoms with van der Waals surface area (Å²) in [5.74, 6) is -0.357. The van der Waals surface area contributed by atoms with Gasteiger partial charge in [-0.15, -0.1) is 0 Å². The number of fused-ring (bicyclic) bond motifs is 1. The number of anilines is 1. The Morgan fingerprint density at radius 2 is 2.00 bits per heavy atom.